The van der Waals surface area contributed by atoms with E-state index in [1.54, 1.807) is 0 Å². The third-order valence-corrected chi connectivity index (χ3v) is 3.41. The van der Waals surface area contributed by atoms with E-state index in [0.29, 0.717) is 12.3 Å². The van der Waals surface area contributed by atoms with Gasteiger partial charge in [-0.3, -0.25) is 9.59 Å². The summed E-state index contributed by atoms with van der Waals surface area (Å²) < 4.78 is 5.53. The average Bonchev–Trinajstić information content (AvgIpc) is 2.53. The lowest BCUT2D eigenvalue weighted by atomic mass is 10.1. The molecule has 0 radical (unpaired) electrons. The second-order valence-corrected chi connectivity index (χ2v) is 4.91. The van der Waals surface area contributed by atoms with Gasteiger partial charge in [-0.25, -0.2) is 0 Å². The first-order valence-electron chi connectivity index (χ1n) is 7.21. The van der Waals surface area contributed by atoms with Gasteiger partial charge in [-0.1, -0.05) is 30.3 Å². The van der Waals surface area contributed by atoms with Crippen LogP contribution in [-0.2, 0) is 9.59 Å². The fourth-order valence-corrected chi connectivity index (χ4v) is 2.18. The van der Waals surface area contributed by atoms with E-state index in [4.69, 9.17) is 9.84 Å². The zero-order valence-electron chi connectivity index (χ0n) is 12.5. The number of carbonyl (C=O) groups is 2. The number of likely N-dealkylation sites (N-methyl/N-ethyl adjacent to an activating group) is 1. The maximum atomic E-state index is 12.0. The minimum atomic E-state index is -0.915. The number of amides is 1. The molecule has 0 aliphatic heterocycles. The lowest BCUT2D eigenvalue weighted by Gasteiger charge is -2.20. The van der Waals surface area contributed by atoms with Crippen molar-refractivity contribution >= 4 is 22.6 Å². The molecule has 0 spiro atoms. The van der Waals surface area contributed by atoms with E-state index in [0.717, 1.165) is 10.8 Å². The Kier molecular flexibility index (Phi) is 5.36. The summed E-state index contributed by atoms with van der Waals surface area (Å²) in [5, 5.41) is 10.8. The largest absolute Gasteiger partial charge is 0.484 e. The van der Waals surface area contributed by atoms with Gasteiger partial charge in [-0.15, -0.1) is 0 Å². The summed E-state index contributed by atoms with van der Waals surface area (Å²) in [6, 6.07) is 13.6. The lowest BCUT2D eigenvalue weighted by Crippen LogP contribution is -2.36. The maximum Gasteiger partial charge on any atom is 0.305 e. The summed E-state index contributed by atoms with van der Waals surface area (Å²) in [5.41, 5.74) is 0. The Bertz CT molecular complexity index is 669. The highest BCUT2D eigenvalue weighted by Gasteiger charge is 2.13. The molecule has 0 fully saturated rings. The van der Waals surface area contributed by atoms with E-state index >= 15 is 0 Å². The molecule has 0 bridgehead atoms. The maximum absolute atomic E-state index is 12.0. The molecular weight excluding hydrogens is 282 g/mol. The molecule has 0 unspecified atom stereocenters. The van der Waals surface area contributed by atoms with Crippen LogP contribution < -0.4 is 4.74 Å². The SMILES string of the molecule is CCN(CCC(=O)O)C(=O)COc1ccc2ccccc2c1. The molecule has 1 N–H and O–H groups in total. The fourth-order valence-electron chi connectivity index (χ4n) is 2.18. The smallest absolute Gasteiger partial charge is 0.305 e. The van der Waals surface area contributed by atoms with Crippen LogP contribution in [0.5, 0.6) is 5.75 Å². The van der Waals surface area contributed by atoms with Crippen LogP contribution in [0.25, 0.3) is 10.8 Å². The van der Waals surface area contributed by atoms with Crippen molar-refractivity contribution in [1.82, 2.24) is 4.90 Å². The number of hydrogen-bond acceptors (Lipinski definition) is 3. The number of nitrogens with zero attached hydrogens (tertiary/aromatic N) is 1. The number of ether oxygens (including phenoxy) is 1. The Balaban J connectivity index is 1.94. The van der Waals surface area contributed by atoms with Crippen molar-refractivity contribution < 1.29 is 19.4 Å². The van der Waals surface area contributed by atoms with Gasteiger partial charge in [-0.2, -0.15) is 0 Å². The highest BCUT2D eigenvalue weighted by molar-refractivity contribution is 5.84. The van der Waals surface area contributed by atoms with Gasteiger partial charge in [0.25, 0.3) is 5.91 Å². The molecular formula is C17H19NO4. The third-order valence-electron chi connectivity index (χ3n) is 3.41. The first-order chi connectivity index (χ1) is 10.6. The second kappa shape index (κ2) is 7.45. The van der Waals surface area contributed by atoms with Crippen molar-refractivity contribution in [2.24, 2.45) is 0 Å². The van der Waals surface area contributed by atoms with Crippen LogP contribution in [0.3, 0.4) is 0 Å². The van der Waals surface area contributed by atoms with Crippen molar-refractivity contribution in [3.63, 3.8) is 0 Å². The molecule has 0 aliphatic carbocycles. The predicted octanol–water partition coefficient (Wildman–Crippen LogP) is 2.54. The van der Waals surface area contributed by atoms with Crippen molar-refractivity contribution in [1.29, 1.82) is 0 Å². The van der Waals surface area contributed by atoms with Gasteiger partial charge in [0, 0.05) is 13.1 Å². The molecule has 0 heterocycles. The molecule has 116 valence electrons. The van der Waals surface area contributed by atoms with Gasteiger partial charge >= 0.3 is 5.97 Å². The van der Waals surface area contributed by atoms with E-state index in [9.17, 15) is 9.59 Å². The Morgan fingerprint density at radius 2 is 1.86 bits per heavy atom. The summed E-state index contributed by atoms with van der Waals surface area (Å²) in [4.78, 5) is 24.1. The van der Waals surface area contributed by atoms with E-state index < -0.39 is 5.97 Å². The third kappa shape index (κ3) is 4.22. The van der Waals surface area contributed by atoms with Crippen molar-refractivity contribution in [3.8, 4) is 5.75 Å². The van der Waals surface area contributed by atoms with Crippen LogP contribution in [0.15, 0.2) is 42.5 Å². The van der Waals surface area contributed by atoms with Gasteiger partial charge in [0.15, 0.2) is 6.61 Å². The average molecular weight is 301 g/mol. The van der Waals surface area contributed by atoms with Crippen molar-refractivity contribution in [2.75, 3.05) is 19.7 Å². The number of fused-ring (bicyclic) bond motifs is 1. The molecule has 2 aromatic rings. The van der Waals surface area contributed by atoms with Crippen molar-refractivity contribution in [2.45, 2.75) is 13.3 Å². The van der Waals surface area contributed by atoms with Crippen LogP contribution in [0.2, 0.25) is 0 Å². The Morgan fingerprint density at radius 1 is 1.14 bits per heavy atom. The number of aliphatic carboxylic acids is 1. The number of hydrogen-bond donors (Lipinski definition) is 1. The second-order valence-electron chi connectivity index (χ2n) is 4.91. The summed E-state index contributed by atoms with van der Waals surface area (Å²) in [6.45, 7) is 2.39. The van der Waals surface area contributed by atoms with E-state index in [1.807, 2.05) is 49.4 Å². The Morgan fingerprint density at radius 3 is 2.55 bits per heavy atom. The summed E-state index contributed by atoms with van der Waals surface area (Å²) >= 11 is 0. The minimum absolute atomic E-state index is 0.0600. The van der Waals surface area contributed by atoms with Crippen LogP contribution >= 0.6 is 0 Å². The number of carboxylic acid groups (broad SMARTS) is 1. The monoisotopic (exact) mass is 301 g/mol. The summed E-state index contributed by atoms with van der Waals surface area (Å²) in [6.07, 6.45) is -0.0600. The Labute approximate surface area is 129 Å². The quantitative estimate of drug-likeness (QED) is 0.853. The molecule has 5 heteroatoms. The molecule has 1 amide bonds. The van der Waals surface area contributed by atoms with Gasteiger partial charge in [0.2, 0.25) is 0 Å². The van der Waals surface area contributed by atoms with Crippen LogP contribution in [0.4, 0.5) is 0 Å². The molecule has 0 aromatic heterocycles. The zero-order valence-corrected chi connectivity index (χ0v) is 12.5. The highest BCUT2D eigenvalue weighted by Crippen LogP contribution is 2.20. The number of rotatable bonds is 7. The predicted molar refractivity (Wildman–Crippen MR) is 83.9 cm³/mol. The minimum Gasteiger partial charge on any atom is -0.484 e. The van der Waals surface area contributed by atoms with E-state index in [-0.39, 0.29) is 25.5 Å². The number of benzene rings is 2. The first kappa shape index (κ1) is 15.8. The molecule has 22 heavy (non-hydrogen) atoms. The fraction of sp³-hybridized carbons (Fsp3) is 0.294. The number of carboxylic acids is 1. The van der Waals surface area contributed by atoms with Gasteiger partial charge in [0.05, 0.1) is 6.42 Å². The lowest BCUT2D eigenvalue weighted by molar-refractivity contribution is -0.139. The molecule has 2 rings (SSSR count). The topological polar surface area (TPSA) is 66.8 Å². The Hall–Kier alpha value is -2.56. The van der Waals surface area contributed by atoms with Crippen LogP contribution in [0.1, 0.15) is 13.3 Å². The standard InChI is InChI=1S/C17H19NO4/c1-2-18(10-9-17(20)21)16(19)12-22-15-8-7-13-5-3-4-6-14(13)11-15/h3-8,11H,2,9-10,12H2,1H3,(H,20,21). The summed E-state index contributed by atoms with van der Waals surface area (Å²) in [5.74, 6) is -0.500. The number of carbonyl (C=O) groups excluding carboxylic acids is 1. The molecule has 0 saturated carbocycles. The van der Waals surface area contributed by atoms with Gasteiger partial charge in [0.1, 0.15) is 5.75 Å². The van der Waals surface area contributed by atoms with E-state index in [2.05, 4.69) is 0 Å². The molecule has 0 saturated heterocycles. The highest BCUT2D eigenvalue weighted by atomic mass is 16.5. The summed E-state index contributed by atoms with van der Waals surface area (Å²) in [7, 11) is 0. The molecule has 0 atom stereocenters. The van der Waals surface area contributed by atoms with Gasteiger partial charge in [-0.05, 0) is 29.8 Å². The first-order valence-corrected chi connectivity index (χ1v) is 7.21. The van der Waals surface area contributed by atoms with Crippen LogP contribution in [0, 0.1) is 0 Å². The van der Waals surface area contributed by atoms with Crippen LogP contribution in [-0.4, -0.2) is 41.6 Å². The molecule has 0 aliphatic rings. The van der Waals surface area contributed by atoms with Crippen molar-refractivity contribution in [3.05, 3.63) is 42.5 Å². The molecule has 2 aromatic carbocycles. The normalized spacial score (nSPS) is 10.4. The van der Waals surface area contributed by atoms with E-state index in [1.165, 1.54) is 4.90 Å². The van der Waals surface area contributed by atoms with Gasteiger partial charge < -0.3 is 14.7 Å². The molecule has 5 nitrogen and oxygen atoms in total. The zero-order chi connectivity index (χ0) is 15.9.